The van der Waals surface area contributed by atoms with Gasteiger partial charge in [-0.1, -0.05) is 5.16 Å². The third-order valence-electron chi connectivity index (χ3n) is 5.72. The molecule has 2 aromatic rings. The zero-order valence-corrected chi connectivity index (χ0v) is 19.8. The molecule has 0 bridgehead atoms. The van der Waals surface area contributed by atoms with Crippen LogP contribution in [0.25, 0.3) is 0 Å². The summed E-state index contributed by atoms with van der Waals surface area (Å²) in [7, 11) is 1.87. The summed E-state index contributed by atoms with van der Waals surface area (Å²) >= 11 is 0. The van der Waals surface area contributed by atoms with Crippen molar-refractivity contribution in [1.82, 2.24) is 35.0 Å². The van der Waals surface area contributed by atoms with E-state index in [1.54, 1.807) is 0 Å². The fraction of sp³-hybridized carbons (Fsp3) is 0.684. The summed E-state index contributed by atoms with van der Waals surface area (Å²) in [5, 5.41) is 16.2. The molecule has 160 valence electrons. The first-order valence-corrected chi connectivity index (χ1v) is 10.1. The molecule has 2 aromatic heterocycles. The molecule has 2 aliphatic heterocycles. The highest BCUT2D eigenvalue weighted by molar-refractivity contribution is 14.0. The molecule has 1 saturated heterocycles. The molecule has 4 heterocycles. The normalized spacial score (nSPS) is 20.3. The Labute approximate surface area is 188 Å². The van der Waals surface area contributed by atoms with Crippen LogP contribution in [0, 0.1) is 19.8 Å². The van der Waals surface area contributed by atoms with Crippen molar-refractivity contribution in [2.24, 2.45) is 10.9 Å². The van der Waals surface area contributed by atoms with E-state index in [0.29, 0.717) is 5.92 Å². The molecule has 0 saturated carbocycles. The molecule has 0 amide bonds. The highest BCUT2D eigenvalue weighted by Gasteiger charge is 2.24. The van der Waals surface area contributed by atoms with Crippen molar-refractivity contribution in [1.29, 1.82) is 0 Å². The number of guanidine groups is 1. The van der Waals surface area contributed by atoms with Gasteiger partial charge in [0.2, 0.25) is 0 Å². The fourth-order valence-electron chi connectivity index (χ4n) is 4.10. The van der Waals surface area contributed by atoms with Gasteiger partial charge in [0.15, 0.2) is 5.96 Å². The number of rotatable bonds is 4. The van der Waals surface area contributed by atoms with E-state index in [-0.39, 0.29) is 24.0 Å². The molecule has 1 N–H and O–H groups in total. The molecular formula is C19H31IN8O. The third-order valence-corrected chi connectivity index (χ3v) is 5.72. The van der Waals surface area contributed by atoms with E-state index in [1.165, 1.54) is 0 Å². The summed E-state index contributed by atoms with van der Waals surface area (Å²) in [6, 6.07) is 2.01. The Morgan fingerprint density at radius 1 is 1.24 bits per heavy atom. The van der Waals surface area contributed by atoms with Crippen molar-refractivity contribution in [2.45, 2.75) is 39.8 Å². The number of hydrogen-bond donors (Lipinski definition) is 1. The van der Waals surface area contributed by atoms with E-state index < -0.39 is 0 Å². The van der Waals surface area contributed by atoms with Crippen molar-refractivity contribution in [3.63, 3.8) is 0 Å². The van der Waals surface area contributed by atoms with Crippen LogP contribution in [0.2, 0.25) is 0 Å². The van der Waals surface area contributed by atoms with Gasteiger partial charge in [0.25, 0.3) is 0 Å². The number of piperazine rings is 1. The van der Waals surface area contributed by atoms with Crippen molar-refractivity contribution in [2.75, 3.05) is 39.8 Å². The first-order valence-electron chi connectivity index (χ1n) is 10.1. The maximum atomic E-state index is 5.17. The van der Waals surface area contributed by atoms with Crippen LogP contribution in [0.3, 0.4) is 0 Å². The van der Waals surface area contributed by atoms with E-state index in [4.69, 9.17) is 4.52 Å². The van der Waals surface area contributed by atoms with E-state index in [1.807, 2.05) is 27.0 Å². The minimum atomic E-state index is 0. The highest BCUT2D eigenvalue weighted by Crippen LogP contribution is 2.19. The molecule has 4 rings (SSSR count). The number of nitrogens with one attached hydrogen (secondary N) is 1. The molecule has 0 spiro atoms. The zero-order valence-electron chi connectivity index (χ0n) is 17.5. The van der Waals surface area contributed by atoms with Crippen LogP contribution < -0.4 is 5.32 Å². The van der Waals surface area contributed by atoms with E-state index in [0.717, 1.165) is 87.7 Å². The van der Waals surface area contributed by atoms with Crippen molar-refractivity contribution in [3.8, 4) is 0 Å². The molecule has 9 nitrogen and oxygen atoms in total. The smallest absolute Gasteiger partial charge is 0.193 e. The van der Waals surface area contributed by atoms with Gasteiger partial charge < -0.3 is 19.3 Å². The Bertz CT molecular complexity index is 824. The number of aliphatic imine (C=N–C) groups is 1. The molecule has 2 aliphatic rings. The van der Waals surface area contributed by atoms with Gasteiger partial charge in [0.05, 0.1) is 5.69 Å². The first-order chi connectivity index (χ1) is 13.6. The van der Waals surface area contributed by atoms with Crippen LogP contribution in [-0.2, 0) is 19.5 Å². The number of fused-ring (bicyclic) bond motifs is 1. The van der Waals surface area contributed by atoms with Gasteiger partial charge in [-0.25, -0.2) is 0 Å². The van der Waals surface area contributed by atoms with Gasteiger partial charge in [-0.2, -0.15) is 0 Å². The van der Waals surface area contributed by atoms with E-state index >= 15 is 0 Å². The Morgan fingerprint density at radius 3 is 2.72 bits per heavy atom. The lowest BCUT2D eigenvalue weighted by Crippen LogP contribution is -2.53. The topological polar surface area (TPSA) is 87.6 Å². The predicted molar refractivity (Wildman–Crippen MR) is 121 cm³/mol. The number of nitrogens with zero attached hydrogens (tertiary/aromatic N) is 7. The standard InChI is InChI=1S/C19H30N8O.HI/c1-14-10-17(24-28-14)13-25-6-8-26(9-7-25)19(20-3)21-11-16-4-5-18-23-22-15(2)27(18)12-16;/h10,16H,4-9,11-13H2,1-3H3,(H,20,21);1H. The van der Waals surface area contributed by atoms with E-state index in [9.17, 15) is 0 Å². The molecule has 29 heavy (non-hydrogen) atoms. The van der Waals surface area contributed by atoms with Gasteiger partial charge in [0, 0.05) is 65.3 Å². The summed E-state index contributed by atoms with van der Waals surface area (Å²) in [6.07, 6.45) is 2.15. The summed E-state index contributed by atoms with van der Waals surface area (Å²) in [4.78, 5) is 9.28. The Balaban J connectivity index is 0.00000240. The second-order valence-electron chi connectivity index (χ2n) is 7.80. The second-order valence-corrected chi connectivity index (χ2v) is 7.80. The minimum Gasteiger partial charge on any atom is -0.361 e. The Morgan fingerprint density at radius 2 is 2.03 bits per heavy atom. The number of hydrogen-bond acceptors (Lipinski definition) is 6. The van der Waals surface area contributed by atoms with E-state index in [2.05, 4.69) is 40.0 Å². The molecule has 0 aromatic carbocycles. The van der Waals surface area contributed by atoms with Gasteiger partial charge >= 0.3 is 0 Å². The zero-order chi connectivity index (χ0) is 19.5. The summed E-state index contributed by atoms with van der Waals surface area (Å²) < 4.78 is 7.42. The van der Waals surface area contributed by atoms with Gasteiger partial charge in [-0.05, 0) is 26.2 Å². The summed E-state index contributed by atoms with van der Waals surface area (Å²) in [6.45, 7) is 10.7. The SMILES string of the molecule is CN=C(NCC1CCc2nnc(C)n2C1)N1CCN(Cc2cc(C)on2)CC1.I. The quantitative estimate of drug-likeness (QED) is 0.376. The monoisotopic (exact) mass is 514 g/mol. The van der Waals surface area contributed by atoms with Crippen LogP contribution in [0.5, 0.6) is 0 Å². The minimum absolute atomic E-state index is 0. The predicted octanol–water partition coefficient (Wildman–Crippen LogP) is 1.46. The molecule has 0 radical (unpaired) electrons. The largest absolute Gasteiger partial charge is 0.361 e. The van der Waals surface area contributed by atoms with Gasteiger partial charge in [-0.15, -0.1) is 34.2 Å². The molecule has 0 aliphatic carbocycles. The Kier molecular flexibility index (Phi) is 7.49. The first kappa shape index (κ1) is 22.0. The lowest BCUT2D eigenvalue weighted by atomic mass is 9.99. The lowest BCUT2D eigenvalue weighted by Gasteiger charge is -2.36. The molecular weight excluding hydrogens is 483 g/mol. The fourth-order valence-corrected chi connectivity index (χ4v) is 4.10. The third kappa shape index (κ3) is 5.27. The number of halogens is 1. The average Bonchev–Trinajstić information content (AvgIpc) is 3.29. The lowest BCUT2D eigenvalue weighted by molar-refractivity contribution is 0.168. The molecule has 10 heteroatoms. The number of aromatic nitrogens is 4. The summed E-state index contributed by atoms with van der Waals surface area (Å²) in [5.41, 5.74) is 1.01. The molecule has 1 fully saturated rings. The summed E-state index contributed by atoms with van der Waals surface area (Å²) in [5.74, 6) is 4.59. The molecule has 1 atom stereocenters. The van der Waals surface area contributed by atoms with Crippen molar-refractivity contribution in [3.05, 3.63) is 29.2 Å². The maximum absolute atomic E-state index is 5.17. The molecule has 1 unspecified atom stereocenters. The van der Waals surface area contributed by atoms with Crippen molar-refractivity contribution < 1.29 is 4.52 Å². The van der Waals surface area contributed by atoms with Gasteiger partial charge in [-0.3, -0.25) is 9.89 Å². The van der Waals surface area contributed by atoms with Crippen LogP contribution in [0.15, 0.2) is 15.6 Å². The van der Waals surface area contributed by atoms with Crippen molar-refractivity contribution >= 4 is 29.9 Å². The second kappa shape index (κ2) is 9.88. The van der Waals surface area contributed by atoms with Crippen LogP contribution in [0.1, 0.15) is 29.5 Å². The highest BCUT2D eigenvalue weighted by atomic mass is 127. The average molecular weight is 514 g/mol. The Hall–Kier alpha value is -1.69. The van der Waals surface area contributed by atoms with Gasteiger partial charge in [0.1, 0.15) is 17.4 Å². The van der Waals surface area contributed by atoms with Crippen LogP contribution in [0.4, 0.5) is 0 Å². The maximum Gasteiger partial charge on any atom is 0.193 e. The van der Waals surface area contributed by atoms with Crippen LogP contribution >= 0.6 is 24.0 Å². The number of aryl methyl sites for hydroxylation is 3. The van der Waals surface area contributed by atoms with Crippen LogP contribution in [-0.4, -0.2) is 75.5 Å².